The molecule has 7 heteroatoms. The van der Waals surface area contributed by atoms with Crippen molar-refractivity contribution in [3.8, 4) is 6.07 Å². The Morgan fingerprint density at radius 2 is 2.22 bits per heavy atom. The van der Waals surface area contributed by atoms with Crippen molar-refractivity contribution in [2.75, 3.05) is 5.32 Å². The standard InChI is InChI=1S/C11H10BrN3O3/c12-7-2-1-6(5-13)9(3-7)15-11(18)8(14)4-10(16)17/h1-3,8H,4,14H2,(H,15,18)(H,16,17). The number of anilines is 1. The maximum absolute atomic E-state index is 11.6. The van der Waals surface area contributed by atoms with E-state index in [1.807, 2.05) is 6.07 Å². The number of rotatable bonds is 4. The van der Waals surface area contributed by atoms with Gasteiger partial charge in [0.25, 0.3) is 0 Å². The summed E-state index contributed by atoms with van der Waals surface area (Å²) in [7, 11) is 0. The van der Waals surface area contributed by atoms with Crippen molar-refractivity contribution in [1.29, 1.82) is 5.26 Å². The highest BCUT2D eigenvalue weighted by Crippen LogP contribution is 2.20. The molecule has 4 N–H and O–H groups in total. The molecule has 0 spiro atoms. The fraction of sp³-hybridized carbons (Fsp3) is 0.182. The van der Waals surface area contributed by atoms with E-state index in [0.29, 0.717) is 4.47 Å². The van der Waals surface area contributed by atoms with Gasteiger partial charge >= 0.3 is 5.97 Å². The van der Waals surface area contributed by atoms with Crippen molar-refractivity contribution in [2.45, 2.75) is 12.5 Å². The molecule has 1 aromatic rings. The van der Waals surface area contributed by atoms with Crippen LogP contribution in [0.5, 0.6) is 0 Å². The molecule has 0 fully saturated rings. The van der Waals surface area contributed by atoms with Crippen LogP contribution in [0, 0.1) is 11.3 Å². The number of benzene rings is 1. The molecular formula is C11H10BrN3O3. The van der Waals surface area contributed by atoms with Gasteiger partial charge in [0, 0.05) is 4.47 Å². The number of amides is 1. The number of hydrogen-bond acceptors (Lipinski definition) is 4. The van der Waals surface area contributed by atoms with E-state index in [1.54, 1.807) is 12.1 Å². The number of nitrogens with zero attached hydrogens (tertiary/aromatic N) is 1. The van der Waals surface area contributed by atoms with E-state index in [1.165, 1.54) is 6.07 Å². The van der Waals surface area contributed by atoms with Crippen molar-refractivity contribution < 1.29 is 14.7 Å². The van der Waals surface area contributed by atoms with Crippen LogP contribution in [-0.2, 0) is 9.59 Å². The largest absolute Gasteiger partial charge is 0.481 e. The minimum Gasteiger partial charge on any atom is -0.481 e. The lowest BCUT2D eigenvalue weighted by Gasteiger charge is -2.11. The summed E-state index contributed by atoms with van der Waals surface area (Å²) < 4.78 is 0.684. The van der Waals surface area contributed by atoms with Crippen molar-refractivity contribution >= 4 is 33.5 Å². The van der Waals surface area contributed by atoms with E-state index in [2.05, 4.69) is 21.2 Å². The van der Waals surface area contributed by atoms with Gasteiger partial charge in [0.15, 0.2) is 0 Å². The summed E-state index contributed by atoms with van der Waals surface area (Å²) in [5, 5.41) is 19.8. The maximum Gasteiger partial charge on any atom is 0.305 e. The van der Waals surface area contributed by atoms with E-state index < -0.39 is 24.3 Å². The third-order valence-corrected chi connectivity index (χ3v) is 2.58. The van der Waals surface area contributed by atoms with E-state index in [4.69, 9.17) is 16.1 Å². The Bertz CT molecular complexity index is 525. The SMILES string of the molecule is N#Cc1ccc(Br)cc1NC(=O)C(N)CC(=O)O. The lowest BCUT2D eigenvalue weighted by atomic mass is 10.1. The molecular weight excluding hydrogens is 302 g/mol. The minimum absolute atomic E-state index is 0.272. The van der Waals surface area contributed by atoms with Crippen LogP contribution in [0.25, 0.3) is 0 Å². The van der Waals surface area contributed by atoms with E-state index >= 15 is 0 Å². The molecule has 0 saturated carbocycles. The first-order chi connectivity index (χ1) is 8.43. The quantitative estimate of drug-likeness (QED) is 0.768. The highest BCUT2D eigenvalue weighted by molar-refractivity contribution is 9.10. The second kappa shape index (κ2) is 6.14. The van der Waals surface area contributed by atoms with Gasteiger partial charge in [-0.25, -0.2) is 0 Å². The van der Waals surface area contributed by atoms with Crippen LogP contribution >= 0.6 is 15.9 Å². The Kier molecular flexibility index (Phi) is 4.83. The van der Waals surface area contributed by atoms with Crippen LogP contribution in [0.4, 0.5) is 5.69 Å². The average molecular weight is 312 g/mol. The molecule has 18 heavy (non-hydrogen) atoms. The number of carbonyl (C=O) groups is 2. The second-order valence-electron chi connectivity index (χ2n) is 3.50. The summed E-state index contributed by atoms with van der Waals surface area (Å²) in [6.07, 6.45) is -0.471. The van der Waals surface area contributed by atoms with Crippen LogP contribution in [0.1, 0.15) is 12.0 Å². The van der Waals surface area contributed by atoms with Crippen LogP contribution in [0.2, 0.25) is 0 Å². The smallest absolute Gasteiger partial charge is 0.305 e. The van der Waals surface area contributed by atoms with E-state index in [9.17, 15) is 9.59 Å². The van der Waals surface area contributed by atoms with Gasteiger partial charge in [-0.1, -0.05) is 15.9 Å². The highest BCUT2D eigenvalue weighted by atomic mass is 79.9. The van der Waals surface area contributed by atoms with Crippen molar-refractivity contribution in [3.05, 3.63) is 28.2 Å². The highest BCUT2D eigenvalue weighted by Gasteiger charge is 2.18. The number of halogens is 1. The zero-order valence-corrected chi connectivity index (χ0v) is 10.8. The first-order valence-electron chi connectivity index (χ1n) is 4.92. The summed E-state index contributed by atoms with van der Waals surface area (Å²) >= 11 is 3.21. The monoisotopic (exact) mass is 311 g/mol. The molecule has 1 rings (SSSR count). The Morgan fingerprint density at radius 1 is 1.56 bits per heavy atom. The number of carbonyl (C=O) groups excluding carboxylic acids is 1. The molecule has 0 saturated heterocycles. The van der Waals surface area contributed by atoms with E-state index in [-0.39, 0.29) is 11.3 Å². The van der Waals surface area contributed by atoms with Gasteiger partial charge < -0.3 is 16.2 Å². The van der Waals surface area contributed by atoms with Crippen LogP contribution in [0.15, 0.2) is 22.7 Å². The molecule has 1 aromatic carbocycles. The third-order valence-electron chi connectivity index (χ3n) is 2.09. The molecule has 6 nitrogen and oxygen atoms in total. The molecule has 0 radical (unpaired) electrons. The average Bonchev–Trinajstić information content (AvgIpc) is 2.28. The van der Waals surface area contributed by atoms with Crippen molar-refractivity contribution in [3.63, 3.8) is 0 Å². The number of nitrogens with one attached hydrogen (secondary N) is 1. The van der Waals surface area contributed by atoms with Gasteiger partial charge in [0.05, 0.1) is 23.7 Å². The molecule has 0 aliphatic rings. The summed E-state index contributed by atoms with van der Waals surface area (Å²) in [6, 6.07) is 5.49. The summed E-state index contributed by atoms with van der Waals surface area (Å²) in [6.45, 7) is 0. The van der Waals surface area contributed by atoms with Gasteiger partial charge in [-0.15, -0.1) is 0 Å². The number of hydrogen-bond donors (Lipinski definition) is 3. The molecule has 0 aliphatic heterocycles. The molecule has 0 bridgehead atoms. The van der Waals surface area contributed by atoms with E-state index in [0.717, 1.165) is 0 Å². The van der Waals surface area contributed by atoms with Gasteiger partial charge in [0.1, 0.15) is 6.07 Å². The lowest BCUT2D eigenvalue weighted by molar-refractivity contribution is -0.138. The summed E-state index contributed by atoms with van der Waals surface area (Å²) in [5.74, 6) is -1.81. The Hall–Kier alpha value is -1.91. The van der Waals surface area contributed by atoms with Crippen LogP contribution in [0.3, 0.4) is 0 Å². The first-order valence-corrected chi connectivity index (χ1v) is 5.71. The van der Waals surface area contributed by atoms with Gasteiger partial charge in [0.2, 0.25) is 5.91 Å². The molecule has 0 aliphatic carbocycles. The summed E-state index contributed by atoms with van der Waals surface area (Å²) in [5.41, 5.74) is 5.97. The number of carboxylic acids is 1. The molecule has 1 unspecified atom stereocenters. The predicted molar refractivity (Wildman–Crippen MR) is 67.7 cm³/mol. The van der Waals surface area contributed by atoms with Gasteiger partial charge in [-0.05, 0) is 18.2 Å². The zero-order chi connectivity index (χ0) is 13.7. The number of aliphatic carboxylic acids is 1. The van der Waals surface area contributed by atoms with Gasteiger partial charge in [-0.3, -0.25) is 9.59 Å². The fourth-order valence-corrected chi connectivity index (χ4v) is 1.58. The van der Waals surface area contributed by atoms with Crippen molar-refractivity contribution in [2.24, 2.45) is 5.73 Å². The number of nitrogens with two attached hydrogens (primary N) is 1. The van der Waals surface area contributed by atoms with Crippen LogP contribution in [-0.4, -0.2) is 23.0 Å². The Balaban J connectivity index is 2.85. The number of carboxylic acid groups (broad SMARTS) is 1. The molecule has 94 valence electrons. The van der Waals surface area contributed by atoms with Gasteiger partial charge in [-0.2, -0.15) is 5.26 Å². The maximum atomic E-state index is 11.6. The van der Waals surface area contributed by atoms with Crippen molar-refractivity contribution in [1.82, 2.24) is 0 Å². The Morgan fingerprint density at radius 3 is 2.78 bits per heavy atom. The Labute approximate surface area is 112 Å². The predicted octanol–water partition coefficient (Wildman–Crippen LogP) is 1.06. The molecule has 1 amide bonds. The minimum atomic E-state index is -1.16. The number of nitriles is 1. The topological polar surface area (TPSA) is 116 Å². The molecule has 0 heterocycles. The fourth-order valence-electron chi connectivity index (χ4n) is 1.22. The van der Waals surface area contributed by atoms with Crippen LogP contribution < -0.4 is 11.1 Å². The summed E-state index contributed by atoms with van der Waals surface area (Å²) in [4.78, 5) is 22.0. The zero-order valence-electron chi connectivity index (χ0n) is 9.18. The normalized spacial score (nSPS) is 11.4. The molecule has 1 atom stereocenters. The third kappa shape index (κ3) is 3.84. The lowest BCUT2D eigenvalue weighted by Crippen LogP contribution is -2.37. The molecule has 0 aromatic heterocycles. The second-order valence-corrected chi connectivity index (χ2v) is 4.41. The first kappa shape index (κ1) is 14.2.